The Morgan fingerprint density at radius 2 is 1.95 bits per heavy atom. The van der Waals surface area contributed by atoms with Crippen molar-refractivity contribution in [3.8, 4) is 10.4 Å². The molecule has 0 aliphatic heterocycles. The van der Waals surface area contributed by atoms with E-state index in [4.69, 9.17) is 5.73 Å². The number of pyridine rings is 1. The van der Waals surface area contributed by atoms with Crippen LogP contribution in [0.25, 0.3) is 10.4 Å². The van der Waals surface area contributed by atoms with Gasteiger partial charge in [0.2, 0.25) is 0 Å². The molecule has 0 aliphatic carbocycles. The van der Waals surface area contributed by atoms with E-state index >= 15 is 0 Å². The average molecular weight is 295 g/mol. The number of benzene rings is 1. The van der Waals surface area contributed by atoms with Crippen LogP contribution in [0.2, 0.25) is 0 Å². The molecule has 0 fully saturated rings. The zero-order valence-electron chi connectivity index (χ0n) is 11.1. The van der Waals surface area contributed by atoms with Gasteiger partial charge in [0, 0.05) is 22.3 Å². The lowest BCUT2D eigenvalue weighted by molar-refractivity contribution is 0.102. The molecule has 2 heterocycles. The Kier molecular flexibility index (Phi) is 3.66. The molecular weight excluding hydrogens is 282 g/mol. The van der Waals surface area contributed by atoms with Crippen molar-refractivity contribution in [3.63, 3.8) is 0 Å². The van der Waals surface area contributed by atoms with Crippen molar-refractivity contribution >= 4 is 28.6 Å². The van der Waals surface area contributed by atoms with Crippen LogP contribution in [0.5, 0.6) is 0 Å². The van der Waals surface area contributed by atoms with E-state index in [1.165, 1.54) is 0 Å². The predicted octanol–water partition coefficient (Wildman–Crippen LogP) is 3.64. The highest BCUT2D eigenvalue weighted by atomic mass is 32.1. The van der Waals surface area contributed by atoms with Gasteiger partial charge in [0.15, 0.2) is 5.69 Å². The summed E-state index contributed by atoms with van der Waals surface area (Å²) in [7, 11) is 0. The molecule has 0 spiro atoms. The maximum absolute atomic E-state index is 12.3. The van der Waals surface area contributed by atoms with Gasteiger partial charge < -0.3 is 11.1 Å². The molecule has 0 unspecified atom stereocenters. The number of amides is 1. The Morgan fingerprint density at radius 1 is 1.10 bits per heavy atom. The van der Waals surface area contributed by atoms with Crippen LogP contribution in [0.15, 0.2) is 60.1 Å². The summed E-state index contributed by atoms with van der Waals surface area (Å²) in [5.41, 5.74) is 8.11. The van der Waals surface area contributed by atoms with Gasteiger partial charge in [-0.05, 0) is 29.6 Å². The first kappa shape index (κ1) is 13.3. The van der Waals surface area contributed by atoms with Gasteiger partial charge in [-0.1, -0.05) is 24.3 Å². The fourth-order valence-electron chi connectivity index (χ4n) is 2.03. The molecule has 3 aromatic rings. The molecule has 0 bridgehead atoms. The summed E-state index contributed by atoms with van der Waals surface area (Å²) < 4.78 is 0. The van der Waals surface area contributed by atoms with Gasteiger partial charge in [-0.3, -0.25) is 4.79 Å². The number of carbonyl (C=O) groups excluding carboxylic acids is 1. The van der Waals surface area contributed by atoms with E-state index in [9.17, 15) is 4.79 Å². The van der Waals surface area contributed by atoms with E-state index in [-0.39, 0.29) is 11.6 Å². The number of hydrogen-bond acceptors (Lipinski definition) is 4. The Labute approximate surface area is 126 Å². The van der Waals surface area contributed by atoms with Crippen molar-refractivity contribution in [1.29, 1.82) is 0 Å². The van der Waals surface area contributed by atoms with E-state index < -0.39 is 0 Å². The zero-order chi connectivity index (χ0) is 14.7. The summed E-state index contributed by atoms with van der Waals surface area (Å²) >= 11 is 1.62. The molecule has 0 aliphatic rings. The molecule has 0 saturated heterocycles. The number of nitrogen functional groups attached to an aromatic ring is 1. The van der Waals surface area contributed by atoms with Gasteiger partial charge in [-0.2, -0.15) is 0 Å². The Balaban J connectivity index is 1.93. The normalized spacial score (nSPS) is 10.3. The molecule has 1 amide bonds. The number of para-hydroxylation sites is 1. The van der Waals surface area contributed by atoms with Crippen LogP contribution in [0.3, 0.4) is 0 Å². The fraction of sp³-hybridized carbons (Fsp3) is 0. The number of aromatic nitrogens is 1. The molecule has 5 heteroatoms. The molecule has 1 aromatic carbocycles. The molecule has 21 heavy (non-hydrogen) atoms. The van der Waals surface area contributed by atoms with E-state index in [0.717, 1.165) is 16.1 Å². The maximum Gasteiger partial charge on any atom is 0.276 e. The number of hydrogen-bond donors (Lipinski definition) is 2. The molecule has 4 nitrogen and oxygen atoms in total. The second kappa shape index (κ2) is 5.76. The molecule has 0 saturated carbocycles. The fourth-order valence-corrected chi connectivity index (χ4v) is 2.79. The van der Waals surface area contributed by atoms with E-state index in [0.29, 0.717) is 5.69 Å². The highest BCUT2D eigenvalue weighted by molar-refractivity contribution is 7.13. The zero-order valence-corrected chi connectivity index (χ0v) is 11.9. The predicted molar refractivity (Wildman–Crippen MR) is 86.4 cm³/mol. The lowest BCUT2D eigenvalue weighted by Crippen LogP contribution is -2.16. The van der Waals surface area contributed by atoms with Gasteiger partial charge in [-0.25, -0.2) is 4.98 Å². The van der Waals surface area contributed by atoms with Crippen molar-refractivity contribution in [2.75, 3.05) is 11.1 Å². The van der Waals surface area contributed by atoms with E-state index in [1.807, 2.05) is 41.8 Å². The first-order chi connectivity index (χ1) is 10.3. The summed E-state index contributed by atoms with van der Waals surface area (Å²) in [6.07, 6.45) is 1.55. The highest BCUT2D eigenvalue weighted by Crippen LogP contribution is 2.31. The second-order valence-corrected chi connectivity index (χ2v) is 5.37. The minimum atomic E-state index is -0.308. The topological polar surface area (TPSA) is 68.0 Å². The second-order valence-electron chi connectivity index (χ2n) is 4.42. The molecule has 0 radical (unpaired) electrons. The minimum Gasteiger partial charge on any atom is -0.397 e. The number of thiophene rings is 1. The van der Waals surface area contributed by atoms with Crippen molar-refractivity contribution in [2.24, 2.45) is 0 Å². The van der Waals surface area contributed by atoms with Crippen LogP contribution in [-0.4, -0.2) is 10.9 Å². The number of anilines is 2. The van der Waals surface area contributed by atoms with Gasteiger partial charge in [-0.15, -0.1) is 11.3 Å². The van der Waals surface area contributed by atoms with Crippen molar-refractivity contribution in [2.45, 2.75) is 0 Å². The SMILES string of the molecule is Nc1cccnc1C(=O)Nc1ccccc1-c1cccs1. The molecule has 3 rings (SSSR count). The van der Waals surface area contributed by atoms with Crippen LogP contribution >= 0.6 is 11.3 Å². The summed E-state index contributed by atoms with van der Waals surface area (Å²) in [5.74, 6) is -0.308. The number of carbonyl (C=O) groups is 1. The van der Waals surface area contributed by atoms with Crippen LogP contribution in [0.4, 0.5) is 11.4 Å². The summed E-state index contributed by atoms with van der Waals surface area (Å²) in [5, 5.41) is 4.89. The smallest absolute Gasteiger partial charge is 0.276 e. The van der Waals surface area contributed by atoms with Gasteiger partial charge in [0.05, 0.1) is 5.69 Å². The summed E-state index contributed by atoms with van der Waals surface area (Å²) in [6.45, 7) is 0. The van der Waals surface area contributed by atoms with E-state index in [2.05, 4.69) is 10.3 Å². The molecule has 3 N–H and O–H groups in total. The molecule has 2 aromatic heterocycles. The average Bonchev–Trinajstić information content (AvgIpc) is 3.02. The van der Waals surface area contributed by atoms with Gasteiger partial charge >= 0.3 is 0 Å². The van der Waals surface area contributed by atoms with Gasteiger partial charge in [0.1, 0.15) is 0 Å². The lowest BCUT2D eigenvalue weighted by Gasteiger charge is -2.10. The Bertz CT molecular complexity index is 769. The van der Waals surface area contributed by atoms with Crippen molar-refractivity contribution in [3.05, 3.63) is 65.8 Å². The number of nitrogens with zero attached hydrogens (tertiary/aromatic N) is 1. The van der Waals surface area contributed by atoms with Crippen LogP contribution in [0.1, 0.15) is 10.5 Å². The Hall–Kier alpha value is -2.66. The number of nitrogens with two attached hydrogens (primary N) is 1. The third-order valence-electron chi connectivity index (χ3n) is 3.02. The monoisotopic (exact) mass is 295 g/mol. The quantitative estimate of drug-likeness (QED) is 0.775. The van der Waals surface area contributed by atoms with Crippen LogP contribution < -0.4 is 11.1 Å². The van der Waals surface area contributed by atoms with Crippen LogP contribution in [-0.2, 0) is 0 Å². The number of rotatable bonds is 3. The molecule has 0 atom stereocenters. The summed E-state index contributed by atoms with van der Waals surface area (Å²) in [4.78, 5) is 17.4. The van der Waals surface area contributed by atoms with Crippen molar-refractivity contribution < 1.29 is 4.79 Å². The largest absolute Gasteiger partial charge is 0.397 e. The molecular formula is C16H13N3OS. The highest BCUT2D eigenvalue weighted by Gasteiger charge is 2.13. The van der Waals surface area contributed by atoms with Crippen LogP contribution in [0, 0.1) is 0 Å². The summed E-state index contributed by atoms with van der Waals surface area (Å²) in [6, 6.07) is 15.0. The third-order valence-corrected chi connectivity index (χ3v) is 3.92. The maximum atomic E-state index is 12.3. The first-order valence-corrected chi connectivity index (χ1v) is 7.28. The first-order valence-electron chi connectivity index (χ1n) is 6.40. The lowest BCUT2D eigenvalue weighted by atomic mass is 10.1. The van der Waals surface area contributed by atoms with Gasteiger partial charge in [0.25, 0.3) is 5.91 Å². The molecule has 104 valence electrons. The standard InChI is InChI=1S/C16H13N3OS/c17-12-6-3-9-18-15(12)16(20)19-13-7-2-1-5-11(13)14-8-4-10-21-14/h1-10H,17H2,(H,19,20). The van der Waals surface area contributed by atoms with Crippen molar-refractivity contribution in [1.82, 2.24) is 4.98 Å². The number of nitrogens with one attached hydrogen (secondary N) is 1. The third kappa shape index (κ3) is 2.78. The Morgan fingerprint density at radius 3 is 2.71 bits per heavy atom. The minimum absolute atomic E-state index is 0.235. The van der Waals surface area contributed by atoms with E-state index in [1.54, 1.807) is 29.7 Å².